The van der Waals surface area contributed by atoms with E-state index in [1.807, 2.05) is 0 Å². The van der Waals surface area contributed by atoms with Crippen LogP contribution in [0.4, 0.5) is 13.2 Å². The Hall–Kier alpha value is -2.90. The van der Waals surface area contributed by atoms with Crippen molar-refractivity contribution in [2.45, 2.75) is 45.5 Å². The van der Waals surface area contributed by atoms with Gasteiger partial charge in [0.15, 0.2) is 5.78 Å². The van der Waals surface area contributed by atoms with Crippen molar-refractivity contribution in [3.8, 4) is 0 Å². The number of pyridine rings is 1. The molecule has 0 fully saturated rings. The molecule has 0 atom stereocenters. The molecule has 0 bridgehead atoms. The Kier molecular flexibility index (Phi) is 6.11. The van der Waals surface area contributed by atoms with E-state index in [9.17, 15) is 27.6 Å². The zero-order chi connectivity index (χ0) is 21.1. The van der Waals surface area contributed by atoms with Crippen LogP contribution < -0.4 is 5.56 Å². The Balaban J connectivity index is 2.41. The third-order valence-corrected chi connectivity index (χ3v) is 3.70. The van der Waals surface area contributed by atoms with Crippen LogP contribution in [-0.4, -0.2) is 21.9 Å². The molecular weight excluding hydrogens is 375 g/mol. The minimum atomic E-state index is -4.84. The lowest BCUT2D eigenvalue weighted by molar-refractivity contribution is -0.157. The Morgan fingerprint density at radius 3 is 2.14 bits per heavy atom. The number of hydrogen-bond acceptors (Lipinski definition) is 4. The highest BCUT2D eigenvalue weighted by Crippen LogP contribution is 2.28. The van der Waals surface area contributed by atoms with E-state index in [0.717, 1.165) is 6.07 Å². The van der Waals surface area contributed by atoms with Gasteiger partial charge in [-0.2, -0.15) is 13.2 Å². The molecule has 2 rings (SSSR count). The summed E-state index contributed by atoms with van der Waals surface area (Å²) in [5, 5.41) is 0. The maximum absolute atomic E-state index is 13.3. The summed E-state index contributed by atoms with van der Waals surface area (Å²) in [7, 11) is 0. The monoisotopic (exact) mass is 395 g/mol. The fourth-order valence-corrected chi connectivity index (χ4v) is 2.56. The highest BCUT2D eigenvalue weighted by Gasteiger charge is 2.35. The molecule has 0 aliphatic carbocycles. The number of rotatable bonds is 5. The number of Topliss-reactive ketones (excluding diaryl/α,β-unsaturated/α-hetero) is 1. The van der Waals surface area contributed by atoms with Crippen molar-refractivity contribution in [3.63, 3.8) is 0 Å². The molecule has 0 saturated carbocycles. The zero-order valence-electron chi connectivity index (χ0n) is 15.7. The number of alkyl halides is 3. The molecule has 0 N–H and O–H groups in total. The summed E-state index contributed by atoms with van der Waals surface area (Å²) < 4.78 is 45.2. The van der Waals surface area contributed by atoms with Crippen molar-refractivity contribution >= 4 is 11.8 Å². The van der Waals surface area contributed by atoms with Gasteiger partial charge in [0.05, 0.1) is 0 Å². The van der Waals surface area contributed by atoms with Gasteiger partial charge in [-0.15, -0.1) is 0 Å². The van der Waals surface area contributed by atoms with Gasteiger partial charge in [-0.25, -0.2) is 0 Å². The van der Waals surface area contributed by atoms with Crippen molar-refractivity contribution < 1.29 is 27.5 Å². The van der Waals surface area contributed by atoms with E-state index in [2.05, 4.69) is 0 Å². The molecule has 1 aromatic carbocycles. The average Bonchev–Trinajstić information content (AvgIpc) is 2.56. The number of benzene rings is 1. The predicted molar refractivity (Wildman–Crippen MR) is 96.0 cm³/mol. The summed E-state index contributed by atoms with van der Waals surface area (Å²) >= 11 is 0. The van der Waals surface area contributed by atoms with Crippen LogP contribution in [0.25, 0.3) is 0 Å². The Morgan fingerprint density at radius 1 is 1.00 bits per heavy atom. The lowest BCUT2D eigenvalue weighted by Gasteiger charge is -2.21. The molecule has 5 nitrogen and oxygen atoms in total. The van der Waals surface area contributed by atoms with Crippen molar-refractivity contribution in [3.05, 3.63) is 69.6 Å². The zero-order valence-corrected chi connectivity index (χ0v) is 15.7. The van der Waals surface area contributed by atoms with E-state index in [1.165, 1.54) is 0 Å². The van der Waals surface area contributed by atoms with Crippen molar-refractivity contribution in [1.82, 2.24) is 4.57 Å². The third kappa shape index (κ3) is 5.55. The second kappa shape index (κ2) is 8.00. The molecule has 1 heterocycles. The smallest absolute Gasteiger partial charge is 0.431 e. The molecule has 8 heteroatoms. The first kappa shape index (κ1) is 21.4. The minimum Gasteiger partial charge on any atom is -0.459 e. The van der Waals surface area contributed by atoms with E-state index < -0.39 is 41.3 Å². The predicted octanol–water partition coefficient (Wildman–Crippen LogP) is 3.63. The molecule has 1 aromatic heterocycles. The number of nitrogens with zero attached hydrogens (tertiary/aromatic N) is 1. The van der Waals surface area contributed by atoms with Crippen molar-refractivity contribution in [2.75, 3.05) is 0 Å². The van der Waals surface area contributed by atoms with Gasteiger partial charge in [-0.05, 0) is 26.8 Å². The Morgan fingerprint density at radius 2 is 1.61 bits per heavy atom. The summed E-state index contributed by atoms with van der Waals surface area (Å²) in [6.07, 6.45) is -5.22. The SMILES string of the molecule is CC(C)(C)OC(=O)Cn1c(C(F)(F)F)ccc(CC(=O)c2ccccc2)c1=O. The lowest BCUT2D eigenvalue weighted by atomic mass is 10.0. The Labute approximate surface area is 159 Å². The third-order valence-electron chi connectivity index (χ3n) is 3.70. The lowest BCUT2D eigenvalue weighted by Crippen LogP contribution is -2.35. The van der Waals surface area contributed by atoms with Crippen LogP contribution in [0.5, 0.6) is 0 Å². The molecule has 0 spiro atoms. The number of carbonyl (C=O) groups is 2. The first-order valence-electron chi connectivity index (χ1n) is 8.48. The Bertz CT molecular complexity index is 925. The number of hydrogen-bond donors (Lipinski definition) is 0. The number of esters is 1. The van der Waals surface area contributed by atoms with Crippen LogP contribution in [0, 0.1) is 0 Å². The number of aromatic nitrogens is 1. The van der Waals surface area contributed by atoms with Gasteiger partial charge in [0, 0.05) is 17.5 Å². The molecule has 28 heavy (non-hydrogen) atoms. The molecule has 0 unspecified atom stereocenters. The summed E-state index contributed by atoms with van der Waals surface area (Å²) in [6, 6.07) is 9.75. The van der Waals surface area contributed by atoms with Gasteiger partial charge in [-0.3, -0.25) is 19.0 Å². The highest BCUT2D eigenvalue weighted by molar-refractivity contribution is 5.97. The molecule has 2 aromatic rings. The normalized spacial score (nSPS) is 11.9. The summed E-state index contributed by atoms with van der Waals surface area (Å²) in [6.45, 7) is 3.78. The largest absolute Gasteiger partial charge is 0.459 e. The number of ketones is 1. The van der Waals surface area contributed by atoms with Crippen LogP contribution in [0.15, 0.2) is 47.3 Å². The first-order valence-corrected chi connectivity index (χ1v) is 8.48. The van der Waals surface area contributed by atoms with E-state index in [-0.39, 0.29) is 12.0 Å². The van der Waals surface area contributed by atoms with Crippen LogP contribution in [0.3, 0.4) is 0 Å². The molecule has 0 saturated heterocycles. The van der Waals surface area contributed by atoms with E-state index in [4.69, 9.17) is 4.74 Å². The van der Waals surface area contributed by atoms with Crippen LogP contribution in [0.2, 0.25) is 0 Å². The van der Waals surface area contributed by atoms with Crippen LogP contribution >= 0.6 is 0 Å². The second-order valence-corrected chi connectivity index (χ2v) is 7.19. The fraction of sp³-hybridized carbons (Fsp3) is 0.350. The summed E-state index contributed by atoms with van der Waals surface area (Å²) in [5.41, 5.74) is -3.05. The number of carbonyl (C=O) groups excluding carboxylic acids is 2. The maximum atomic E-state index is 13.3. The van der Waals surface area contributed by atoms with Gasteiger partial charge in [0.1, 0.15) is 17.8 Å². The van der Waals surface area contributed by atoms with Gasteiger partial charge >= 0.3 is 12.1 Å². The quantitative estimate of drug-likeness (QED) is 0.573. The first-order chi connectivity index (χ1) is 12.9. The van der Waals surface area contributed by atoms with E-state index in [1.54, 1.807) is 51.1 Å². The van der Waals surface area contributed by atoms with Gasteiger partial charge < -0.3 is 4.74 Å². The highest BCUT2D eigenvalue weighted by atomic mass is 19.4. The topological polar surface area (TPSA) is 65.4 Å². The molecular formula is C20H20F3NO4. The van der Waals surface area contributed by atoms with Crippen LogP contribution in [0.1, 0.15) is 42.4 Å². The second-order valence-electron chi connectivity index (χ2n) is 7.19. The summed E-state index contributed by atoms with van der Waals surface area (Å²) in [4.78, 5) is 36.9. The van der Waals surface area contributed by atoms with Crippen molar-refractivity contribution in [1.29, 1.82) is 0 Å². The number of halogens is 3. The standard InChI is InChI=1S/C20H20F3NO4/c1-19(2,3)28-17(26)12-24-16(20(21,22)23)10-9-14(18(24)27)11-15(25)13-7-5-4-6-8-13/h4-10H,11-12H2,1-3H3. The van der Waals surface area contributed by atoms with Gasteiger partial charge in [0.25, 0.3) is 5.56 Å². The van der Waals surface area contributed by atoms with E-state index >= 15 is 0 Å². The molecule has 0 amide bonds. The van der Waals surface area contributed by atoms with Crippen molar-refractivity contribution in [2.24, 2.45) is 0 Å². The molecule has 0 radical (unpaired) electrons. The fourth-order valence-electron chi connectivity index (χ4n) is 2.56. The molecule has 0 aliphatic rings. The van der Waals surface area contributed by atoms with E-state index in [0.29, 0.717) is 16.2 Å². The number of ether oxygens (including phenoxy) is 1. The average molecular weight is 395 g/mol. The van der Waals surface area contributed by atoms with Gasteiger partial charge in [-0.1, -0.05) is 36.4 Å². The molecule has 150 valence electrons. The summed E-state index contributed by atoms with van der Waals surface area (Å²) in [5.74, 6) is -1.40. The maximum Gasteiger partial charge on any atom is 0.431 e. The minimum absolute atomic E-state index is 0.134. The molecule has 0 aliphatic heterocycles. The van der Waals surface area contributed by atoms with Crippen LogP contribution in [-0.2, 0) is 28.7 Å². The van der Waals surface area contributed by atoms with Gasteiger partial charge in [0.2, 0.25) is 0 Å².